The molecule has 142 valence electrons. The topological polar surface area (TPSA) is 29.5 Å². The van der Waals surface area contributed by atoms with Gasteiger partial charge in [-0.2, -0.15) is 0 Å². The molecular formula is C24H29NO2. The molecule has 2 fully saturated rings. The van der Waals surface area contributed by atoms with Crippen LogP contribution in [0.3, 0.4) is 0 Å². The van der Waals surface area contributed by atoms with Crippen LogP contribution < -0.4 is 4.90 Å². The maximum atomic E-state index is 13.2. The Morgan fingerprint density at radius 1 is 0.963 bits per heavy atom. The Hall–Kier alpha value is -2.13. The number of hydrogen-bond donors (Lipinski definition) is 0. The van der Waals surface area contributed by atoms with E-state index in [0.29, 0.717) is 12.5 Å². The van der Waals surface area contributed by atoms with Crippen molar-refractivity contribution in [2.75, 3.05) is 11.4 Å². The zero-order valence-corrected chi connectivity index (χ0v) is 16.2. The minimum absolute atomic E-state index is 0.157. The van der Waals surface area contributed by atoms with Gasteiger partial charge in [0.2, 0.25) is 5.91 Å². The Kier molecular flexibility index (Phi) is 5.31. The summed E-state index contributed by atoms with van der Waals surface area (Å²) in [5.74, 6) is 0.327. The van der Waals surface area contributed by atoms with E-state index in [-0.39, 0.29) is 11.5 Å². The van der Waals surface area contributed by atoms with E-state index in [1.807, 2.05) is 23.1 Å². The second-order valence-corrected chi connectivity index (χ2v) is 8.00. The van der Waals surface area contributed by atoms with E-state index < -0.39 is 0 Å². The van der Waals surface area contributed by atoms with Gasteiger partial charge in [0, 0.05) is 12.2 Å². The molecule has 0 unspecified atom stereocenters. The van der Waals surface area contributed by atoms with Crippen molar-refractivity contribution in [2.24, 2.45) is 5.41 Å². The highest BCUT2D eigenvalue weighted by atomic mass is 16.5. The van der Waals surface area contributed by atoms with Crippen molar-refractivity contribution in [3.05, 3.63) is 65.7 Å². The van der Waals surface area contributed by atoms with Crippen LogP contribution in [0.15, 0.2) is 54.6 Å². The maximum absolute atomic E-state index is 13.2. The lowest BCUT2D eigenvalue weighted by atomic mass is 9.72. The molecule has 2 aliphatic rings. The van der Waals surface area contributed by atoms with Crippen LogP contribution in [-0.4, -0.2) is 18.6 Å². The number of ether oxygens (including phenoxy) is 1. The fourth-order valence-corrected chi connectivity index (χ4v) is 4.54. The summed E-state index contributed by atoms with van der Waals surface area (Å²) in [5, 5.41) is 0. The molecular weight excluding hydrogens is 334 g/mol. The van der Waals surface area contributed by atoms with Gasteiger partial charge in [0.15, 0.2) is 0 Å². The monoisotopic (exact) mass is 363 g/mol. The Morgan fingerprint density at radius 3 is 2.33 bits per heavy atom. The first kappa shape index (κ1) is 18.2. The van der Waals surface area contributed by atoms with Crippen LogP contribution in [0, 0.1) is 5.41 Å². The number of nitrogens with zero attached hydrogens (tertiary/aromatic N) is 1. The molecule has 1 saturated carbocycles. The quantitative estimate of drug-likeness (QED) is 0.737. The largest absolute Gasteiger partial charge is 0.374 e. The highest BCUT2D eigenvalue weighted by Crippen LogP contribution is 2.46. The summed E-state index contributed by atoms with van der Waals surface area (Å²) < 4.78 is 6.12. The zero-order chi connectivity index (χ0) is 18.7. The standard InChI is InChI=1S/C24H29NO2/c1-2-19-8-10-21(11-9-19)25-17-16-24(23(25)26)14-12-22(13-15-24)27-18-20-6-4-3-5-7-20/h3-11,22H,2,12-18H2,1H3. The van der Waals surface area contributed by atoms with E-state index in [1.54, 1.807) is 0 Å². The van der Waals surface area contributed by atoms with Crippen molar-refractivity contribution in [3.8, 4) is 0 Å². The number of benzene rings is 2. The van der Waals surface area contributed by atoms with Gasteiger partial charge < -0.3 is 9.64 Å². The smallest absolute Gasteiger partial charge is 0.233 e. The van der Waals surface area contributed by atoms with Crippen molar-refractivity contribution in [1.82, 2.24) is 0 Å². The van der Waals surface area contributed by atoms with Crippen LogP contribution in [0.2, 0.25) is 0 Å². The van der Waals surface area contributed by atoms with Gasteiger partial charge in [0.1, 0.15) is 0 Å². The first-order valence-corrected chi connectivity index (χ1v) is 10.3. The summed E-state index contributed by atoms with van der Waals surface area (Å²) in [6.45, 7) is 3.67. The fraction of sp³-hybridized carbons (Fsp3) is 0.458. The zero-order valence-electron chi connectivity index (χ0n) is 16.2. The van der Waals surface area contributed by atoms with Crippen molar-refractivity contribution in [1.29, 1.82) is 0 Å². The van der Waals surface area contributed by atoms with Crippen molar-refractivity contribution in [2.45, 2.75) is 58.2 Å². The Bertz CT molecular complexity index is 761. The number of carbonyl (C=O) groups excluding carboxylic acids is 1. The van der Waals surface area contributed by atoms with E-state index in [2.05, 4.69) is 43.3 Å². The van der Waals surface area contributed by atoms with Gasteiger partial charge in [0.05, 0.1) is 18.1 Å². The van der Waals surface area contributed by atoms with Crippen LogP contribution in [0.1, 0.15) is 50.2 Å². The molecule has 0 N–H and O–H groups in total. The van der Waals surface area contributed by atoms with Gasteiger partial charge in [0.25, 0.3) is 0 Å². The SMILES string of the molecule is CCc1ccc(N2CCC3(CCC(OCc4ccccc4)CC3)C2=O)cc1. The predicted molar refractivity (Wildman–Crippen MR) is 109 cm³/mol. The molecule has 1 saturated heterocycles. The lowest BCUT2D eigenvalue weighted by Gasteiger charge is -2.35. The van der Waals surface area contributed by atoms with Crippen molar-refractivity contribution < 1.29 is 9.53 Å². The van der Waals surface area contributed by atoms with Crippen LogP contribution >= 0.6 is 0 Å². The molecule has 4 rings (SSSR count). The first-order chi connectivity index (χ1) is 13.2. The van der Waals surface area contributed by atoms with Crippen LogP contribution in [0.25, 0.3) is 0 Å². The molecule has 3 heteroatoms. The third-order valence-electron chi connectivity index (χ3n) is 6.39. The van der Waals surface area contributed by atoms with Crippen LogP contribution in [-0.2, 0) is 22.6 Å². The number of aryl methyl sites for hydroxylation is 1. The van der Waals surface area contributed by atoms with E-state index in [0.717, 1.165) is 50.8 Å². The minimum atomic E-state index is -0.157. The van der Waals surface area contributed by atoms with Crippen LogP contribution in [0.4, 0.5) is 5.69 Å². The molecule has 0 aromatic heterocycles. The third kappa shape index (κ3) is 3.79. The van der Waals surface area contributed by atoms with Gasteiger partial charge in [-0.15, -0.1) is 0 Å². The fourth-order valence-electron chi connectivity index (χ4n) is 4.54. The highest BCUT2D eigenvalue weighted by Gasteiger charge is 2.48. The van der Waals surface area contributed by atoms with E-state index >= 15 is 0 Å². The molecule has 1 amide bonds. The van der Waals surface area contributed by atoms with Crippen molar-refractivity contribution >= 4 is 11.6 Å². The van der Waals surface area contributed by atoms with Crippen LogP contribution in [0.5, 0.6) is 0 Å². The highest BCUT2D eigenvalue weighted by molar-refractivity contribution is 5.99. The number of hydrogen-bond acceptors (Lipinski definition) is 2. The third-order valence-corrected chi connectivity index (χ3v) is 6.39. The molecule has 1 aliphatic heterocycles. The second-order valence-electron chi connectivity index (χ2n) is 8.00. The summed E-state index contributed by atoms with van der Waals surface area (Å²) >= 11 is 0. The predicted octanol–water partition coefficient (Wildman–Crippen LogP) is 5.13. The van der Waals surface area contributed by atoms with E-state index in [9.17, 15) is 4.79 Å². The number of amides is 1. The maximum Gasteiger partial charge on any atom is 0.233 e. The summed E-state index contributed by atoms with van der Waals surface area (Å²) in [5.41, 5.74) is 3.43. The Labute approximate surface area is 162 Å². The average Bonchev–Trinajstić information content (AvgIpc) is 3.04. The molecule has 0 radical (unpaired) electrons. The summed E-state index contributed by atoms with van der Waals surface area (Å²) in [7, 11) is 0. The van der Waals surface area contributed by atoms with Gasteiger partial charge in [-0.05, 0) is 61.8 Å². The summed E-state index contributed by atoms with van der Waals surface area (Å²) in [6.07, 6.45) is 6.17. The van der Waals surface area contributed by atoms with Gasteiger partial charge in [-0.3, -0.25) is 4.79 Å². The molecule has 0 bridgehead atoms. The molecule has 2 aromatic carbocycles. The molecule has 3 nitrogen and oxygen atoms in total. The van der Waals surface area contributed by atoms with Gasteiger partial charge >= 0.3 is 0 Å². The lowest BCUT2D eigenvalue weighted by molar-refractivity contribution is -0.129. The summed E-state index contributed by atoms with van der Waals surface area (Å²) in [4.78, 5) is 15.2. The minimum Gasteiger partial charge on any atom is -0.374 e. The Balaban J connectivity index is 1.34. The molecule has 1 aliphatic carbocycles. The number of anilines is 1. The van der Waals surface area contributed by atoms with Crippen molar-refractivity contribution in [3.63, 3.8) is 0 Å². The number of carbonyl (C=O) groups is 1. The molecule has 1 heterocycles. The molecule has 27 heavy (non-hydrogen) atoms. The van der Waals surface area contributed by atoms with E-state index in [1.165, 1.54) is 11.1 Å². The molecule has 0 atom stereocenters. The van der Waals surface area contributed by atoms with Gasteiger partial charge in [-0.25, -0.2) is 0 Å². The normalized spacial score (nSPS) is 25.3. The number of rotatable bonds is 5. The second kappa shape index (κ2) is 7.85. The van der Waals surface area contributed by atoms with Gasteiger partial charge in [-0.1, -0.05) is 49.4 Å². The average molecular weight is 364 g/mol. The lowest BCUT2D eigenvalue weighted by Crippen LogP contribution is -2.39. The Morgan fingerprint density at radius 2 is 1.67 bits per heavy atom. The molecule has 2 aromatic rings. The molecule has 1 spiro atoms. The first-order valence-electron chi connectivity index (χ1n) is 10.3. The summed E-state index contributed by atoms with van der Waals surface area (Å²) in [6, 6.07) is 18.8. The van der Waals surface area contributed by atoms with E-state index in [4.69, 9.17) is 4.74 Å².